The molecule has 142 valence electrons. The van der Waals surface area contributed by atoms with Gasteiger partial charge in [-0.3, -0.25) is 4.79 Å². The van der Waals surface area contributed by atoms with E-state index in [2.05, 4.69) is 53.4 Å². The van der Waals surface area contributed by atoms with Crippen molar-refractivity contribution in [3.63, 3.8) is 0 Å². The normalized spacial score (nSPS) is 12.8. The van der Waals surface area contributed by atoms with Gasteiger partial charge in [0.15, 0.2) is 5.16 Å². The number of nitrogens with zero attached hydrogens (tertiary/aromatic N) is 3. The third kappa shape index (κ3) is 3.62. The highest BCUT2D eigenvalue weighted by molar-refractivity contribution is 7.99. The van der Waals surface area contributed by atoms with E-state index < -0.39 is 0 Å². The highest BCUT2D eigenvalue weighted by Crippen LogP contribution is 2.30. The zero-order valence-corrected chi connectivity index (χ0v) is 16.8. The summed E-state index contributed by atoms with van der Waals surface area (Å²) in [7, 11) is 0. The van der Waals surface area contributed by atoms with Crippen LogP contribution in [0.2, 0.25) is 0 Å². The molecule has 4 nitrogen and oxygen atoms in total. The molecule has 1 aromatic heterocycles. The van der Waals surface area contributed by atoms with Crippen molar-refractivity contribution in [3.8, 4) is 11.3 Å². The van der Waals surface area contributed by atoms with Crippen LogP contribution in [0, 0.1) is 6.92 Å². The van der Waals surface area contributed by atoms with Crippen molar-refractivity contribution in [2.75, 3.05) is 17.2 Å². The number of hydrogen-bond acceptors (Lipinski definition) is 3. The van der Waals surface area contributed by atoms with Crippen LogP contribution >= 0.6 is 11.8 Å². The van der Waals surface area contributed by atoms with Crippen LogP contribution in [0.15, 0.2) is 72.5 Å². The van der Waals surface area contributed by atoms with Crippen molar-refractivity contribution < 1.29 is 4.79 Å². The van der Waals surface area contributed by atoms with Crippen LogP contribution in [0.25, 0.3) is 11.3 Å². The van der Waals surface area contributed by atoms with Crippen molar-refractivity contribution >= 4 is 23.4 Å². The van der Waals surface area contributed by atoms with E-state index in [9.17, 15) is 4.79 Å². The fourth-order valence-corrected chi connectivity index (χ4v) is 4.40. The van der Waals surface area contributed by atoms with Crippen LogP contribution in [-0.2, 0) is 17.8 Å². The number of anilines is 1. The number of aromatic nitrogens is 2. The molecule has 1 aliphatic heterocycles. The fraction of sp³-hybridized carbons (Fsp3) is 0.217. The van der Waals surface area contributed by atoms with Crippen LogP contribution in [0.4, 0.5) is 5.69 Å². The summed E-state index contributed by atoms with van der Waals surface area (Å²) in [5.41, 5.74) is 5.68. The summed E-state index contributed by atoms with van der Waals surface area (Å²) in [5.74, 6) is 0.496. The van der Waals surface area contributed by atoms with Crippen molar-refractivity contribution in [1.29, 1.82) is 0 Å². The highest BCUT2D eigenvalue weighted by atomic mass is 32.2. The van der Waals surface area contributed by atoms with E-state index in [1.807, 2.05) is 35.4 Å². The lowest BCUT2D eigenvalue weighted by atomic mass is 10.1. The minimum absolute atomic E-state index is 0.125. The lowest BCUT2D eigenvalue weighted by molar-refractivity contribution is -0.116. The monoisotopic (exact) mass is 389 g/mol. The van der Waals surface area contributed by atoms with Gasteiger partial charge in [0, 0.05) is 18.8 Å². The maximum Gasteiger partial charge on any atom is 0.237 e. The number of imidazole rings is 1. The molecule has 0 radical (unpaired) electrons. The fourth-order valence-electron chi connectivity index (χ4n) is 3.54. The SMILES string of the molecule is C=CCn1c(-c2ccc(C)cc2)cnc1SCC(=O)N1CCc2ccccc21. The second-order valence-electron chi connectivity index (χ2n) is 6.90. The molecule has 0 saturated carbocycles. The molecular formula is C23H23N3OS. The number of amides is 1. The van der Waals surface area contributed by atoms with Gasteiger partial charge in [-0.05, 0) is 30.5 Å². The largest absolute Gasteiger partial charge is 0.315 e. The van der Waals surface area contributed by atoms with Gasteiger partial charge in [0.2, 0.25) is 5.91 Å². The smallest absolute Gasteiger partial charge is 0.237 e. The average molecular weight is 390 g/mol. The number of allylic oxidation sites excluding steroid dienone is 1. The van der Waals surface area contributed by atoms with E-state index in [-0.39, 0.29) is 5.91 Å². The molecule has 0 atom stereocenters. The maximum atomic E-state index is 12.8. The number of fused-ring (bicyclic) bond motifs is 1. The molecule has 28 heavy (non-hydrogen) atoms. The van der Waals surface area contributed by atoms with Gasteiger partial charge >= 0.3 is 0 Å². The Kier molecular flexibility index (Phi) is 5.35. The minimum Gasteiger partial charge on any atom is -0.315 e. The number of benzene rings is 2. The first kappa shape index (κ1) is 18.6. The number of para-hydroxylation sites is 1. The first-order chi connectivity index (χ1) is 13.7. The van der Waals surface area contributed by atoms with Crippen LogP contribution in [0.3, 0.4) is 0 Å². The molecule has 0 unspecified atom stereocenters. The molecule has 0 spiro atoms. The molecule has 4 rings (SSSR count). The number of rotatable bonds is 6. The van der Waals surface area contributed by atoms with Crippen molar-refractivity contribution in [1.82, 2.24) is 9.55 Å². The Hall–Kier alpha value is -2.79. The average Bonchev–Trinajstić information content (AvgIpc) is 3.31. The minimum atomic E-state index is 0.125. The Morgan fingerprint density at radius 2 is 2.00 bits per heavy atom. The Labute approximate surface area is 169 Å². The number of hydrogen-bond donors (Lipinski definition) is 0. The third-order valence-corrected chi connectivity index (χ3v) is 5.97. The van der Waals surface area contributed by atoms with E-state index in [4.69, 9.17) is 0 Å². The molecule has 0 aliphatic carbocycles. The summed E-state index contributed by atoms with van der Waals surface area (Å²) < 4.78 is 2.12. The molecular weight excluding hydrogens is 366 g/mol. The van der Waals surface area contributed by atoms with Gasteiger partial charge in [-0.15, -0.1) is 6.58 Å². The van der Waals surface area contributed by atoms with Gasteiger partial charge < -0.3 is 9.47 Å². The number of aryl methyl sites for hydroxylation is 1. The van der Waals surface area contributed by atoms with Crippen LogP contribution in [-0.4, -0.2) is 27.8 Å². The molecule has 2 heterocycles. The second kappa shape index (κ2) is 8.07. The lowest BCUT2D eigenvalue weighted by Crippen LogP contribution is -2.30. The lowest BCUT2D eigenvalue weighted by Gasteiger charge is -2.17. The zero-order chi connectivity index (χ0) is 19.5. The molecule has 3 aromatic rings. The summed E-state index contributed by atoms with van der Waals surface area (Å²) in [6.45, 7) is 7.37. The topological polar surface area (TPSA) is 38.1 Å². The molecule has 0 fully saturated rings. The zero-order valence-electron chi connectivity index (χ0n) is 16.0. The molecule has 1 amide bonds. The van der Waals surface area contributed by atoms with Gasteiger partial charge in [-0.25, -0.2) is 4.98 Å². The van der Waals surface area contributed by atoms with Gasteiger partial charge in [0.05, 0.1) is 17.6 Å². The van der Waals surface area contributed by atoms with Crippen LogP contribution in [0.1, 0.15) is 11.1 Å². The van der Waals surface area contributed by atoms with Crippen molar-refractivity contribution in [2.45, 2.75) is 25.0 Å². The second-order valence-corrected chi connectivity index (χ2v) is 7.85. The Morgan fingerprint density at radius 3 is 2.79 bits per heavy atom. The van der Waals surface area contributed by atoms with Crippen LogP contribution < -0.4 is 4.90 Å². The summed E-state index contributed by atoms with van der Waals surface area (Å²) in [5, 5.41) is 0.844. The van der Waals surface area contributed by atoms with Gasteiger partial charge in [-0.2, -0.15) is 0 Å². The van der Waals surface area contributed by atoms with Crippen molar-refractivity contribution in [3.05, 3.63) is 78.5 Å². The molecule has 2 aromatic carbocycles. The maximum absolute atomic E-state index is 12.8. The van der Waals surface area contributed by atoms with Gasteiger partial charge in [0.25, 0.3) is 0 Å². The molecule has 0 N–H and O–H groups in total. The summed E-state index contributed by atoms with van der Waals surface area (Å²) in [4.78, 5) is 19.3. The number of carbonyl (C=O) groups excluding carboxylic acids is 1. The first-order valence-corrected chi connectivity index (χ1v) is 10.4. The third-order valence-electron chi connectivity index (χ3n) is 4.99. The van der Waals surface area contributed by atoms with E-state index in [0.717, 1.165) is 35.1 Å². The quantitative estimate of drug-likeness (QED) is 0.452. The Morgan fingerprint density at radius 1 is 1.21 bits per heavy atom. The summed E-state index contributed by atoms with van der Waals surface area (Å²) in [6.07, 6.45) is 4.67. The predicted octanol–water partition coefficient (Wildman–Crippen LogP) is 4.73. The van der Waals surface area contributed by atoms with E-state index in [0.29, 0.717) is 12.3 Å². The highest BCUT2D eigenvalue weighted by Gasteiger charge is 2.24. The summed E-state index contributed by atoms with van der Waals surface area (Å²) >= 11 is 1.49. The molecule has 0 saturated heterocycles. The summed E-state index contributed by atoms with van der Waals surface area (Å²) in [6, 6.07) is 16.5. The van der Waals surface area contributed by atoms with E-state index in [1.165, 1.54) is 22.9 Å². The van der Waals surface area contributed by atoms with Gasteiger partial charge in [0.1, 0.15) is 0 Å². The number of thioether (sulfide) groups is 1. The Bertz CT molecular complexity index is 1010. The van der Waals surface area contributed by atoms with Crippen molar-refractivity contribution in [2.24, 2.45) is 0 Å². The molecule has 5 heteroatoms. The predicted molar refractivity (Wildman–Crippen MR) is 116 cm³/mol. The number of carbonyl (C=O) groups is 1. The first-order valence-electron chi connectivity index (χ1n) is 9.42. The Balaban J connectivity index is 1.51. The molecule has 0 bridgehead atoms. The van der Waals surface area contributed by atoms with Gasteiger partial charge in [-0.1, -0.05) is 65.9 Å². The van der Waals surface area contributed by atoms with E-state index >= 15 is 0 Å². The standard InChI is InChI=1S/C23H23N3OS/c1-3-13-26-21(19-10-8-17(2)9-11-19)15-24-23(26)28-16-22(27)25-14-12-18-6-4-5-7-20(18)25/h3-11,15H,1,12-14,16H2,2H3. The van der Waals surface area contributed by atoms with Crippen LogP contribution in [0.5, 0.6) is 0 Å². The molecule has 1 aliphatic rings. The van der Waals surface area contributed by atoms with E-state index in [1.54, 1.807) is 0 Å².